The highest BCUT2D eigenvalue weighted by Crippen LogP contribution is 2.42. The van der Waals surface area contributed by atoms with E-state index in [-0.39, 0.29) is 5.91 Å². The van der Waals surface area contributed by atoms with Gasteiger partial charge in [0.1, 0.15) is 11.5 Å². The fraction of sp³-hybridized carbons (Fsp3) is 0.552. The molecule has 6 heteroatoms. The monoisotopic (exact) mass is 496 g/mol. The van der Waals surface area contributed by atoms with Crippen molar-refractivity contribution in [2.45, 2.75) is 70.0 Å². The third kappa shape index (κ3) is 4.77. The maximum Gasteiger partial charge on any atom is 0.254 e. The largest absolute Gasteiger partial charge is 0.496 e. The highest BCUT2D eigenvalue weighted by molar-refractivity contribution is 6.30. The van der Waals surface area contributed by atoms with Crippen molar-refractivity contribution in [1.29, 1.82) is 0 Å². The Kier molecular flexibility index (Phi) is 7.26. The lowest BCUT2D eigenvalue weighted by atomic mass is 9.89. The molecule has 35 heavy (non-hydrogen) atoms. The summed E-state index contributed by atoms with van der Waals surface area (Å²) in [7, 11) is 3.52. The van der Waals surface area contributed by atoms with E-state index in [0.29, 0.717) is 29.1 Å². The Hall–Kier alpha value is -2.24. The molecule has 1 amide bonds. The predicted molar refractivity (Wildman–Crippen MR) is 140 cm³/mol. The van der Waals surface area contributed by atoms with Crippen molar-refractivity contribution in [2.24, 2.45) is 5.92 Å². The molecule has 0 spiro atoms. The first-order valence-corrected chi connectivity index (χ1v) is 13.4. The summed E-state index contributed by atoms with van der Waals surface area (Å²) in [6.07, 6.45) is 7.61. The summed E-state index contributed by atoms with van der Waals surface area (Å²) >= 11 is 6.04. The first-order chi connectivity index (χ1) is 17.0. The fourth-order valence-corrected chi connectivity index (χ4v) is 6.96. The van der Waals surface area contributed by atoms with E-state index in [2.05, 4.69) is 16.7 Å². The number of nitrogens with zero attached hydrogens (tertiary/aromatic N) is 2. The number of halogens is 1. The van der Waals surface area contributed by atoms with Crippen molar-refractivity contribution < 1.29 is 14.3 Å². The lowest BCUT2D eigenvalue weighted by Gasteiger charge is -2.41. The number of fused-ring (bicyclic) bond motifs is 3. The Labute approximate surface area is 214 Å². The molecule has 2 heterocycles. The summed E-state index contributed by atoms with van der Waals surface area (Å²) in [5.74, 6) is 2.75. The van der Waals surface area contributed by atoms with Gasteiger partial charge in [-0.05, 0) is 93.8 Å². The number of ether oxygens (including phenoxy) is 2. The summed E-state index contributed by atoms with van der Waals surface area (Å²) in [5.41, 5.74) is 3.37. The lowest BCUT2D eigenvalue weighted by molar-refractivity contribution is 0.0455. The van der Waals surface area contributed by atoms with Gasteiger partial charge < -0.3 is 14.4 Å². The van der Waals surface area contributed by atoms with E-state index in [1.807, 2.05) is 36.4 Å². The molecule has 2 bridgehead atoms. The van der Waals surface area contributed by atoms with Gasteiger partial charge >= 0.3 is 0 Å². The van der Waals surface area contributed by atoms with Gasteiger partial charge in [-0.25, -0.2) is 0 Å². The molecule has 2 fully saturated rings. The summed E-state index contributed by atoms with van der Waals surface area (Å²) < 4.78 is 11.4. The molecule has 2 aliphatic heterocycles. The van der Waals surface area contributed by atoms with Gasteiger partial charge in [0, 0.05) is 46.4 Å². The number of hydrogen-bond donors (Lipinski definition) is 0. The topological polar surface area (TPSA) is 42.0 Å². The van der Waals surface area contributed by atoms with E-state index in [1.165, 1.54) is 11.1 Å². The van der Waals surface area contributed by atoms with Gasteiger partial charge in [0.05, 0.1) is 14.2 Å². The van der Waals surface area contributed by atoms with E-state index >= 15 is 0 Å². The maximum absolute atomic E-state index is 13.3. The zero-order chi connectivity index (χ0) is 24.5. The van der Waals surface area contributed by atoms with Crippen molar-refractivity contribution in [1.82, 2.24) is 9.80 Å². The highest BCUT2D eigenvalue weighted by Gasteiger charge is 2.44. The van der Waals surface area contributed by atoms with Gasteiger partial charge in [-0.3, -0.25) is 9.69 Å². The van der Waals surface area contributed by atoms with Crippen LogP contribution in [0.3, 0.4) is 0 Å². The summed E-state index contributed by atoms with van der Waals surface area (Å²) in [4.78, 5) is 18.2. The third-order valence-electron chi connectivity index (χ3n) is 8.34. The lowest BCUT2D eigenvalue weighted by Crippen LogP contribution is -2.49. The van der Waals surface area contributed by atoms with Gasteiger partial charge in [-0.2, -0.15) is 0 Å². The van der Waals surface area contributed by atoms with Crippen molar-refractivity contribution >= 4 is 17.5 Å². The van der Waals surface area contributed by atoms with Crippen LogP contribution in [0.25, 0.3) is 0 Å². The smallest absolute Gasteiger partial charge is 0.254 e. The molecule has 188 valence electrons. The number of carbonyl (C=O) groups is 1. The van der Waals surface area contributed by atoms with E-state index in [9.17, 15) is 4.79 Å². The van der Waals surface area contributed by atoms with Gasteiger partial charge in [0.25, 0.3) is 5.91 Å². The number of benzene rings is 2. The molecule has 5 nitrogen and oxygen atoms in total. The predicted octanol–water partition coefficient (Wildman–Crippen LogP) is 5.62. The van der Waals surface area contributed by atoms with Crippen LogP contribution in [0.2, 0.25) is 5.02 Å². The molecular formula is C29H37ClN2O3. The van der Waals surface area contributed by atoms with Crippen LogP contribution in [0.5, 0.6) is 11.5 Å². The molecule has 0 radical (unpaired) electrons. The first-order valence-electron chi connectivity index (χ1n) is 13.1. The van der Waals surface area contributed by atoms with Crippen LogP contribution in [0.1, 0.15) is 60.5 Å². The minimum Gasteiger partial charge on any atom is -0.496 e. The van der Waals surface area contributed by atoms with Crippen molar-refractivity contribution in [3.8, 4) is 11.5 Å². The van der Waals surface area contributed by atoms with Crippen LogP contribution < -0.4 is 9.47 Å². The van der Waals surface area contributed by atoms with Gasteiger partial charge in [0.2, 0.25) is 0 Å². The Bertz CT molecular complexity index is 1010. The number of methoxy groups -OCH3 is 2. The second-order valence-electron chi connectivity index (χ2n) is 10.4. The molecule has 2 atom stereocenters. The van der Waals surface area contributed by atoms with Gasteiger partial charge in [0.15, 0.2) is 0 Å². The zero-order valence-electron chi connectivity index (χ0n) is 21.1. The Morgan fingerprint density at radius 1 is 0.971 bits per heavy atom. The normalized spacial score (nSPS) is 23.6. The van der Waals surface area contributed by atoms with Crippen molar-refractivity contribution in [3.63, 3.8) is 0 Å². The SMILES string of the molecule is CCCN(CC1CC2CCC(C1)N2C(=O)c1ccc(Cl)cc1)C1Cc2c(OC)ccc(OC)c2C1. The summed E-state index contributed by atoms with van der Waals surface area (Å²) in [5, 5.41) is 0.670. The quantitative estimate of drug-likeness (QED) is 0.475. The number of rotatable bonds is 8. The van der Waals surface area contributed by atoms with Crippen molar-refractivity contribution in [3.05, 3.63) is 58.1 Å². The van der Waals surface area contributed by atoms with Crippen LogP contribution >= 0.6 is 11.6 Å². The number of carbonyl (C=O) groups excluding carboxylic acids is 1. The second-order valence-corrected chi connectivity index (χ2v) is 10.9. The maximum atomic E-state index is 13.3. The standard InChI is InChI=1S/C29H37ClN2O3/c1-4-13-31(24-16-25-26(17-24)28(35-3)12-11-27(25)34-2)18-19-14-22-9-10-23(15-19)32(22)29(33)20-5-7-21(30)8-6-20/h5-8,11-12,19,22-24H,4,9-10,13-18H2,1-3H3. The molecule has 2 unspecified atom stereocenters. The summed E-state index contributed by atoms with van der Waals surface area (Å²) in [6.45, 7) is 4.48. The molecule has 3 aliphatic rings. The van der Waals surface area contributed by atoms with E-state index in [4.69, 9.17) is 21.1 Å². The van der Waals surface area contributed by atoms with E-state index in [1.54, 1.807) is 14.2 Å². The molecule has 0 aromatic heterocycles. The molecule has 2 aromatic rings. The van der Waals surface area contributed by atoms with Crippen LogP contribution in [-0.4, -0.2) is 61.1 Å². The van der Waals surface area contributed by atoms with Gasteiger partial charge in [-0.1, -0.05) is 18.5 Å². The first kappa shape index (κ1) is 24.5. The highest BCUT2D eigenvalue weighted by atomic mass is 35.5. The molecule has 2 saturated heterocycles. The van der Waals surface area contributed by atoms with Gasteiger partial charge in [-0.15, -0.1) is 0 Å². The molecule has 0 N–H and O–H groups in total. The Morgan fingerprint density at radius 3 is 2.06 bits per heavy atom. The van der Waals surface area contributed by atoms with Crippen LogP contribution in [-0.2, 0) is 12.8 Å². The minimum atomic E-state index is 0.170. The second kappa shape index (κ2) is 10.4. The number of amides is 1. The number of piperidine rings is 1. The minimum absolute atomic E-state index is 0.170. The average Bonchev–Trinajstić information content (AvgIpc) is 3.42. The molecular weight excluding hydrogens is 460 g/mol. The number of hydrogen-bond acceptors (Lipinski definition) is 4. The van der Waals surface area contributed by atoms with E-state index in [0.717, 1.165) is 75.1 Å². The summed E-state index contributed by atoms with van der Waals surface area (Å²) in [6, 6.07) is 12.6. The molecule has 0 saturated carbocycles. The zero-order valence-corrected chi connectivity index (χ0v) is 21.9. The van der Waals surface area contributed by atoms with Crippen LogP contribution in [0, 0.1) is 5.92 Å². The van der Waals surface area contributed by atoms with Crippen molar-refractivity contribution in [2.75, 3.05) is 27.3 Å². The molecule has 5 rings (SSSR count). The third-order valence-corrected chi connectivity index (χ3v) is 8.59. The van der Waals surface area contributed by atoms with Crippen LogP contribution in [0.15, 0.2) is 36.4 Å². The average molecular weight is 497 g/mol. The molecule has 1 aliphatic carbocycles. The molecule has 2 aromatic carbocycles. The van der Waals surface area contributed by atoms with E-state index < -0.39 is 0 Å². The Morgan fingerprint density at radius 2 is 1.54 bits per heavy atom. The fourth-order valence-electron chi connectivity index (χ4n) is 6.84. The Balaban J connectivity index is 1.27. The van der Waals surface area contributed by atoms with Crippen LogP contribution in [0.4, 0.5) is 0 Å².